The Morgan fingerprint density at radius 3 is 2.44 bits per heavy atom. The molecular formula is C18H33N2O6P. The smallest absolute Gasteiger partial charge is 0.339 e. The highest BCUT2D eigenvalue weighted by atomic mass is 31.2. The number of aliphatic hydroxyl groups is 2. The second-order valence-corrected chi connectivity index (χ2v) is 8.14. The van der Waals surface area contributed by atoms with Gasteiger partial charge in [0, 0.05) is 23.7 Å². The second kappa shape index (κ2) is 12.5. The lowest BCUT2D eigenvalue weighted by atomic mass is 10.0. The summed E-state index contributed by atoms with van der Waals surface area (Å²) in [6.07, 6.45) is 2.75. The molecule has 156 valence electrons. The van der Waals surface area contributed by atoms with Crippen LogP contribution in [0.2, 0.25) is 0 Å². The van der Waals surface area contributed by atoms with Gasteiger partial charge in [-0.05, 0) is 26.3 Å². The summed E-state index contributed by atoms with van der Waals surface area (Å²) in [5.41, 5.74) is 6.84. The van der Waals surface area contributed by atoms with E-state index in [2.05, 4.69) is 0 Å². The number of ether oxygens (including phenoxy) is 1. The van der Waals surface area contributed by atoms with Crippen molar-refractivity contribution in [3.63, 3.8) is 0 Å². The SMILES string of the molecule is CCOc1c(CO)cccc1CN(CP(=O)(O)O)C(CO)CCCCCN. The molecule has 0 radical (unpaired) electrons. The molecule has 0 amide bonds. The molecule has 1 unspecified atom stereocenters. The Morgan fingerprint density at radius 1 is 1.19 bits per heavy atom. The maximum atomic E-state index is 11.6. The summed E-state index contributed by atoms with van der Waals surface area (Å²) in [4.78, 5) is 20.6. The second-order valence-electron chi connectivity index (χ2n) is 6.52. The maximum absolute atomic E-state index is 11.6. The number of nitrogens with two attached hydrogens (primary N) is 1. The van der Waals surface area contributed by atoms with Gasteiger partial charge in [0.05, 0.1) is 19.8 Å². The summed E-state index contributed by atoms with van der Waals surface area (Å²) in [7, 11) is -4.32. The Morgan fingerprint density at radius 2 is 1.89 bits per heavy atom. The van der Waals surface area contributed by atoms with E-state index < -0.39 is 13.9 Å². The van der Waals surface area contributed by atoms with Crippen LogP contribution in [0, 0.1) is 0 Å². The fourth-order valence-corrected chi connectivity index (χ4v) is 3.86. The number of aliphatic hydroxyl groups excluding tert-OH is 2. The average molecular weight is 404 g/mol. The summed E-state index contributed by atoms with van der Waals surface area (Å²) in [5, 5.41) is 19.4. The highest BCUT2D eigenvalue weighted by molar-refractivity contribution is 7.51. The highest BCUT2D eigenvalue weighted by Gasteiger charge is 2.27. The van der Waals surface area contributed by atoms with Crippen LogP contribution in [0.4, 0.5) is 0 Å². The van der Waals surface area contributed by atoms with Crippen molar-refractivity contribution in [3.05, 3.63) is 29.3 Å². The summed E-state index contributed by atoms with van der Waals surface area (Å²) in [6, 6.07) is 4.94. The molecule has 1 atom stereocenters. The molecule has 0 saturated carbocycles. The molecule has 1 aromatic carbocycles. The van der Waals surface area contributed by atoms with Crippen molar-refractivity contribution in [2.45, 2.75) is 51.8 Å². The molecule has 0 spiro atoms. The first kappa shape index (κ1) is 24.0. The van der Waals surface area contributed by atoms with E-state index >= 15 is 0 Å². The van der Waals surface area contributed by atoms with Crippen molar-refractivity contribution in [2.75, 3.05) is 26.0 Å². The van der Waals surface area contributed by atoms with Gasteiger partial charge in [-0.3, -0.25) is 9.46 Å². The van der Waals surface area contributed by atoms with Crippen LogP contribution in [0.5, 0.6) is 5.75 Å². The standard InChI is InChI=1S/C18H33N2O6P/c1-2-26-18-15(7-6-8-16(18)12-21)11-20(14-27(23,24)25)17(13-22)9-4-3-5-10-19/h6-8,17,21-22H,2-5,9-14,19H2,1H3,(H2,23,24,25). The first-order chi connectivity index (χ1) is 12.9. The maximum Gasteiger partial charge on any atom is 0.339 e. The number of hydrogen-bond donors (Lipinski definition) is 5. The minimum absolute atomic E-state index is 0.190. The largest absolute Gasteiger partial charge is 0.493 e. The molecule has 8 nitrogen and oxygen atoms in total. The molecule has 0 aromatic heterocycles. The Bertz CT molecular complexity index is 595. The first-order valence-corrected chi connectivity index (χ1v) is 11.1. The number of para-hydroxylation sites is 1. The molecule has 1 rings (SSSR count). The molecule has 0 fully saturated rings. The van der Waals surface area contributed by atoms with Crippen LogP contribution in [0.3, 0.4) is 0 Å². The molecule has 9 heteroatoms. The highest BCUT2D eigenvalue weighted by Crippen LogP contribution is 2.38. The van der Waals surface area contributed by atoms with E-state index in [1.807, 2.05) is 6.92 Å². The molecule has 1 aromatic rings. The predicted octanol–water partition coefficient (Wildman–Crippen LogP) is 1.39. The van der Waals surface area contributed by atoms with Crippen LogP contribution in [0.25, 0.3) is 0 Å². The van der Waals surface area contributed by atoms with Crippen LogP contribution in [0.1, 0.15) is 43.7 Å². The number of unbranched alkanes of at least 4 members (excludes halogenated alkanes) is 2. The van der Waals surface area contributed by atoms with Crippen LogP contribution in [-0.4, -0.2) is 57.0 Å². The van der Waals surface area contributed by atoms with Crippen molar-refractivity contribution in [1.82, 2.24) is 4.90 Å². The summed E-state index contributed by atoms with van der Waals surface area (Å²) in [5.74, 6) is 0.526. The summed E-state index contributed by atoms with van der Waals surface area (Å²) in [6.45, 7) is 2.65. The molecule has 0 bridgehead atoms. The van der Waals surface area contributed by atoms with Crippen LogP contribution in [-0.2, 0) is 17.7 Å². The normalized spacial score (nSPS) is 13.1. The predicted molar refractivity (Wildman–Crippen MR) is 104 cm³/mol. The van der Waals surface area contributed by atoms with Crippen LogP contribution < -0.4 is 10.5 Å². The minimum Gasteiger partial charge on any atom is -0.493 e. The van der Waals surface area contributed by atoms with Gasteiger partial charge in [0.25, 0.3) is 0 Å². The summed E-state index contributed by atoms with van der Waals surface area (Å²) < 4.78 is 17.3. The lowest BCUT2D eigenvalue weighted by Crippen LogP contribution is -2.38. The molecule has 0 aliphatic carbocycles. The van der Waals surface area contributed by atoms with Crippen molar-refractivity contribution in [2.24, 2.45) is 5.73 Å². The van der Waals surface area contributed by atoms with Gasteiger partial charge in [0.1, 0.15) is 12.0 Å². The topological polar surface area (TPSA) is 136 Å². The van der Waals surface area contributed by atoms with E-state index in [9.17, 15) is 24.6 Å². The zero-order valence-electron chi connectivity index (χ0n) is 16.0. The number of hydrogen-bond acceptors (Lipinski definition) is 6. The van der Waals surface area contributed by atoms with E-state index in [0.29, 0.717) is 30.9 Å². The van der Waals surface area contributed by atoms with Gasteiger partial charge in [0.15, 0.2) is 0 Å². The van der Waals surface area contributed by atoms with Gasteiger partial charge in [-0.2, -0.15) is 0 Å². The lowest BCUT2D eigenvalue weighted by Gasteiger charge is -2.31. The Kier molecular flexibility index (Phi) is 11.1. The third-order valence-corrected chi connectivity index (χ3v) is 5.08. The Balaban J connectivity index is 3.05. The van der Waals surface area contributed by atoms with Gasteiger partial charge >= 0.3 is 7.60 Å². The zero-order chi connectivity index (χ0) is 20.3. The van der Waals surface area contributed by atoms with E-state index in [4.69, 9.17) is 10.5 Å². The average Bonchev–Trinajstić information content (AvgIpc) is 2.61. The van der Waals surface area contributed by atoms with Crippen molar-refractivity contribution >= 4 is 7.60 Å². The molecule has 27 heavy (non-hydrogen) atoms. The third-order valence-electron chi connectivity index (χ3n) is 4.35. The Labute approximate surface area is 161 Å². The van der Waals surface area contributed by atoms with Crippen molar-refractivity contribution in [1.29, 1.82) is 0 Å². The molecule has 6 N–H and O–H groups in total. The molecule has 0 saturated heterocycles. The zero-order valence-corrected chi connectivity index (χ0v) is 16.9. The molecule has 0 aliphatic heterocycles. The van der Waals surface area contributed by atoms with E-state index in [-0.39, 0.29) is 25.8 Å². The molecule has 0 aliphatic rings. The molecular weight excluding hydrogens is 371 g/mol. The monoisotopic (exact) mass is 404 g/mol. The summed E-state index contributed by atoms with van der Waals surface area (Å²) >= 11 is 0. The number of nitrogens with zero attached hydrogens (tertiary/aromatic N) is 1. The van der Waals surface area contributed by atoms with Gasteiger partial charge in [0.2, 0.25) is 0 Å². The van der Waals surface area contributed by atoms with E-state index in [1.54, 1.807) is 23.1 Å². The fourth-order valence-electron chi connectivity index (χ4n) is 3.06. The number of rotatable bonds is 14. The first-order valence-electron chi connectivity index (χ1n) is 9.30. The minimum atomic E-state index is -4.32. The Hall–Kier alpha value is -0.990. The van der Waals surface area contributed by atoms with Gasteiger partial charge in [-0.25, -0.2) is 0 Å². The fraction of sp³-hybridized carbons (Fsp3) is 0.667. The van der Waals surface area contributed by atoms with Gasteiger partial charge < -0.3 is 30.5 Å². The van der Waals surface area contributed by atoms with Crippen LogP contribution in [0.15, 0.2) is 18.2 Å². The van der Waals surface area contributed by atoms with Gasteiger partial charge in [-0.15, -0.1) is 0 Å². The van der Waals surface area contributed by atoms with Crippen molar-refractivity contribution in [3.8, 4) is 5.75 Å². The lowest BCUT2D eigenvalue weighted by molar-refractivity contribution is 0.117. The van der Waals surface area contributed by atoms with E-state index in [0.717, 1.165) is 24.8 Å². The third kappa shape index (κ3) is 8.70. The van der Waals surface area contributed by atoms with E-state index in [1.165, 1.54) is 0 Å². The van der Waals surface area contributed by atoms with Crippen molar-refractivity contribution < 1.29 is 29.3 Å². The van der Waals surface area contributed by atoms with Crippen LogP contribution >= 0.6 is 7.60 Å². The number of benzene rings is 1. The van der Waals surface area contributed by atoms with Gasteiger partial charge in [-0.1, -0.05) is 31.0 Å². The quantitative estimate of drug-likeness (QED) is 0.232. The molecule has 0 heterocycles.